The second-order valence-corrected chi connectivity index (χ2v) is 6.79. The fourth-order valence-corrected chi connectivity index (χ4v) is 3.20. The summed E-state index contributed by atoms with van der Waals surface area (Å²) >= 11 is 0. The Hall–Kier alpha value is -2.77. The van der Waals surface area contributed by atoms with Crippen LogP contribution < -0.4 is 0 Å². The van der Waals surface area contributed by atoms with Crippen LogP contribution in [0.15, 0.2) is 24.3 Å². The van der Waals surface area contributed by atoms with Crippen LogP contribution in [0.5, 0.6) is 0 Å². The maximum absolute atomic E-state index is 12.5. The molecule has 0 radical (unpaired) electrons. The van der Waals surface area contributed by atoms with E-state index in [0.29, 0.717) is 25.3 Å². The highest BCUT2D eigenvalue weighted by Gasteiger charge is 2.24. The lowest BCUT2D eigenvalue weighted by molar-refractivity contribution is -0.137. The highest BCUT2D eigenvalue weighted by Crippen LogP contribution is 2.21. The monoisotopic (exact) mass is 357 g/mol. The number of tetrazole rings is 1. The number of carbonyl (C=O) groups is 2. The SMILES string of the molecule is Cc1ccc(-c2nnn(CC(=O)N3CCC[C@@H](CCC(=O)O)C3)n2)cc1. The van der Waals surface area contributed by atoms with Gasteiger partial charge in [-0.25, -0.2) is 0 Å². The highest BCUT2D eigenvalue weighted by molar-refractivity contribution is 5.76. The molecule has 1 aromatic carbocycles. The smallest absolute Gasteiger partial charge is 0.303 e. The van der Waals surface area contributed by atoms with Gasteiger partial charge in [0.2, 0.25) is 11.7 Å². The number of hydrogen-bond donors (Lipinski definition) is 1. The number of rotatable bonds is 6. The van der Waals surface area contributed by atoms with Crippen LogP contribution in [0.25, 0.3) is 11.4 Å². The molecular weight excluding hydrogens is 334 g/mol. The predicted octanol–water partition coefficient (Wildman–Crippen LogP) is 1.75. The van der Waals surface area contributed by atoms with Crippen molar-refractivity contribution in [3.05, 3.63) is 29.8 Å². The summed E-state index contributed by atoms with van der Waals surface area (Å²) in [6, 6.07) is 7.81. The van der Waals surface area contributed by atoms with E-state index in [1.165, 1.54) is 4.80 Å². The van der Waals surface area contributed by atoms with Crippen LogP contribution in [0, 0.1) is 12.8 Å². The number of piperidine rings is 1. The zero-order chi connectivity index (χ0) is 18.5. The molecule has 2 aromatic rings. The van der Waals surface area contributed by atoms with Crippen LogP contribution in [0.3, 0.4) is 0 Å². The Morgan fingerprint density at radius 3 is 2.77 bits per heavy atom. The average molecular weight is 357 g/mol. The molecule has 26 heavy (non-hydrogen) atoms. The number of amides is 1. The van der Waals surface area contributed by atoms with E-state index in [1.54, 1.807) is 4.90 Å². The van der Waals surface area contributed by atoms with Gasteiger partial charge in [-0.1, -0.05) is 29.8 Å². The Balaban J connectivity index is 1.57. The van der Waals surface area contributed by atoms with Crippen LogP contribution in [-0.2, 0) is 16.1 Å². The lowest BCUT2D eigenvalue weighted by Gasteiger charge is -2.32. The van der Waals surface area contributed by atoms with E-state index >= 15 is 0 Å². The molecule has 0 saturated carbocycles. The number of benzene rings is 1. The van der Waals surface area contributed by atoms with E-state index in [1.807, 2.05) is 31.2 Å². The summed E-state index contributed by atoms with van der Waals surface area (Å²) in [7, 11) is 0. The molecule has 0 unspecified atom stereocenters. The molecule has 2 heterocycles. The van der Waals surface area contributed by atoms with E-state index < -0.39 is 5.97 Å². The summed E-state index contributed by atoms with van der Waals surface area (Å²) in [4.78, 5) is 26.4. The minimum absolute atomic E-state index is 0.0461. The van der Waals surface area contributed by atoms with Crippen molar-refractivity contribution < 1.29 is 14.7 Å². The second kappa shape index (κ2) is 8.07. The van der Waals surface area contributed by atoms with Gasteiger partial charge in [-0.3, -0.25) is 9.59 Å². The first kappa shape index (κ1) is 18.0. The second-order valence-electron chi connectivity index (χ2n) is 6.79. The van der Waals surface area contributed by atoms with Gasteiger partial charge < -0.3 is 10.0 Å². The average Bonchev–Trinajstić information content (AvgIpc) is 3.09. The lowest BCUT2D eigenvalue weighted by atomic mass is 9.93. The molecule has 1 atom stereocenters. The highest BCUT2D eigenvalue weighted by atomic mass is 16.4. The molecule has 0 aliphatic carbocycles. The summed E-state index contributed by atoms with van der Waals surface area (Å²) < 4.78 is 0. The summed E-state index contributed by atoms with van der Waals surface area (Å²) in [6.45, 7) is 3.35. The first-order chi connectivity index (χ1) is 12.5. The van der Waals surface area contributed by atoms with Crippen molar-refractivity contribution >= 4 is 11.9 Å². The van der Waals surface area contributed by atoms with Gasteiger partial charge in [0.15, 0.2) is 0 Å². The van der Waals surface area contributed by atoms with Crippen molar-refractivity contribution in [1.29, 1.82) is 0 Å². The Kier molecular flexibility index (Phi) is 5.60. The molecule has 0 bridgehead atoms. The first-order valence-corrected chi connectivity index (χ1v) is 8.85. The third-order valence-corrected chi connectivity index (χ3v) is 4.68. The number of hydrogen-bond acceptors (Lipinski definition) is 5. The standard InChI is InChI=1S/C18H23N5O3/c1-13-4-7-15(8-5-13)18-19-21-23(20-18)12-16(24)22-10-2-3-14(11-22)6-9-17(25)26/h4-5,7-8,14H,2-3,6,9-12H2,1H3,(H,25,26)/t14-/m0/s1. The van der Waals surface area contributed by atoms with Crippen molar-refractivity contribution in [2.45, 2.75) is 39.2 Å². The van der Waals surface area contributed by atoms with E-state index in [0.717, 1.165) is 24.0 Å². The number of aliphatic carboxylic acids is 1. The van der Waals surface area contributed by atoms with Crippen molar-refractivity contribution in [2.24, 2.45) is 5.92 Å². The molecule has 1 N–H and O–H groups in total. The minimum atomic E-state index is -0.788. The molecule has 1 aliphatic heterocycles. The van der Waals surface area contributed by atoms with Gasteiger partial charge in [-0.05, 0) is 37.3 Å². The summed E-state index contributed by atoms with van der Waals surface area (Å²) in [5, 5.41) is 21.1. The van der Waals surface area contributed by atoms with E-state index in [2.05, 4.69) is 15.4 Å². The fraction of sp³-hybridized carbons (Fsp3) is 0.500. The summed E-state index contributed by atoms with van der Waals surface area (Å²) in [5.74, 6) is -0.104. The van der Waals surface area contributed by atoms with Crippen molar-refractivity contribution in [1.82, 2.24) is 25.1 Å². The van der Waals surface area contributed by atoms with Gasteiger partial charge >= 0.3 is 5.97 Å². The molecule has 0 spiro atoms. The Labute approximate surface area is 151 Å². The molecular formula is C18H23N5O3. The number of carboxylic acid groups (broad SMARTS) is 1. The van der Waals surface area contributed by atoms with Crippen LogP contribution in [-0.4, -0.2) is 55.2 Å². The molecule has 1 aliphatic rings. The van der Waals surface area contributed by atoms with Crippen LogP contribution in [0.1, 0.15) is 31.2 Å². The van der Waals surface area contributed by atoms with E-state index in [4.69, 9.17) is 5.11 Å². The quantitative estimate of drug-likeness (QED) is 0.845. The van der Waals surface area contributed by atoms with Crippen molar-refractivity contribution in [3.8, 4) is 11.4 Å². The van der Waals surface area contributed by atoms with Crippen molar-refractivity contribution in [3.63, 3.8) is 0 Å². The Morgan fingerprint density at radius 2 is 2.04 bits per heavy atom. The lowest BCUT2D eigenvalue weighted by Crippen LogP contribution is -2.42. The van der Waals surface area contributed by atoms with Gasteiger partial charge in [0.1, 0.15) is 6.54 Å². The predicted molar refractivity (Wildman–Crippen MR) is 94.2 cm³/mol. The topological polar surface area (TPSA) is 101 Å². The molecule has 3 rings (SSSR count). The third kappa shape index (κ3) is 4.65. The summed E-state index contributed by atoms with van der Waals surface area (Å²) in [5.41, 5.74) is 2.01. The van der Waals surface area contributed by atoms with Gasteiger partial charge in [-0.2, -0.15) is 4.80 Å². The number of carbonyl (C=O) groups excluding carboxylic acids is 1. The largest absolute Gasteiger partial charge is 0.481 e. The molecule has 1 amide bonds. The Morgan fingerprint density at radius 1 is 1.27 bits per heavy atom. The van der Waals surface area contributed by atoms with E-state index in [-0.39, 0.29) is 24.8 Å². The number of carboxylic acids is 1. The minimum Gasteiger partial charge on any atom is -0.481 e. The third-order valence-electron chi connectivity index (χ3n) is 4.68. The Bertz CT molecular complexity index is 771. The van der Waals surface area contributed by atoms with Gasteiger partial charge in [-0.15, -0.1) is 10.2 Å². The normalized spacial score (nSPS) is 17.3. The van der Waals surface area contributed by atoms with Gasteiger partial charge in [0, 0.05) is 25.1 Å². The fourth-order valence-electron chi connectivity index (χ4n) is 3.20. The number of aryl methyl sites for hydroxylation is 1. The molecule has 8 nitrogen and oxygen atoms in total. The van der Waals surface area contributed by atoms with Crippen molar-refractivity contribution in [2.75, 3.05) is 13.1 Å². The molecule has 8 heteroatoms. The molecule has 138 valence electrons. The maximum atomic E-state index is 12.5. The van der Waals surface area contributed by atoms with E-state index in [9.17, 15) is 9.59 Å². The van der Waals surface area contributed by atoms with Crippen LogP contribution >= 0.6 is 0 Å². The molecule has 1 saturated heterocycles. The summed E-state index contributed by atoms with van der Waals surface area (Å²) in [6.07, 6.45) is 2.63. The van der Waals surface area contributed by atoms with Crippen LogP contribution in [0.4, 0.5) is 0 Å². The number of aromatic nitrogens is 4. The number of nitrogens with zero attached hydrogens (tertiary/aromatic N) is 5. The zero-order valence-corrected chi connectivity index (χ0v) is 14.8. The first-order valence-electron chi connectivity index (χ1n) is 8.85. The zero-order valence-electron chi connectivity index (χ0n) is 14.8. The van der Waals surface area contributed by atoms with Crippen LogP contribution in [0.2, 0.25) is 0 Å². The molecule has 1 fully saturated rings. The van der Waals surface area contributed by atoms with Gasteiger partial charge in [0.25, 0.3) is 0 Å². The molecule has 1 aromatic heterocycles. The van der Waals surface area contributed by atoms with Gasteiger partial charge in [0.05, 0.1) is 0 Å². The number of likely N-dealkylation sites (tertiary alicyclic amines) is 1. The maximum Gasteiger partial charge on any atom is 0.303 e.